The average Bonchev–Trinajstić information content (AvgIpc) is 2.63. The van der Waals surface area contributed by atoms with Gasteiger partial charge >= 0.3 is 0 Å². The summed E-state index contributed by atoms with van der Waals surface area (Å²) in [5.41, 5.74) is 0.824. The summed E-state index contributed by atoms with van der Waals surface area (Å²) in [4.78, 5) is 31.1. The van der Waals surface area contributed by atoms with E-state index in [-0.39, 0.29) is 22.9 Å². The van der Waals surface area contributed by atoms with Crippen molar-refractivity contribution < 1.29 is 4.79 Å². The first-order chi connectivity index (χ1) is 12.8. The molecule has 150 valence electrons. The Hall–Kier alpha value is -1.73. The van der Waals surface area contributed by atoms with E-state index in [0.29, 0.717) is 6.54 Å². The van der Waals surface area contributed by atoms with E-state index in [2.05, 4.69) is 35.7 Å². The van der Waals surface area contributed by atoms with Gasteiger partial charge in [-0.1, -0.05) is 20.8 Å². The van der Waals surface area contributed by atoms with Gasteiger partial charge in [-0.15, -0.1) is 0 Å². The van der Waals surface area contributed by atoms with Gasteiger partial charge in [-0.05, 0) is 18.9 Å². The van der Waals surface area contributed by atoms with Crippen LogP contribution in [0, 0.1) is 0 Å². The van der Waals surface area contributed by atoms with Crippen molar-refractivity contribution in [2.45, 2.75) is 51.6 Å². The van der Waals surface area contributed by atoms with Crippen LogP contribution in [0.3, 0.4) is 0 Å². The van der Waals surface area contributed by atoms with Crippen molar-refractivity contribution >= 4 is 5.91 Å². The fraction of sp³-hybridized carbons (Fsp3) is 0.750. The van der Waals surface area contributed by atoms with Crippen LogP contribution in [0.5, 0.6) is 0 Å². The van der Waals surface area contributed by atoms with Crippen LogP contribution in [-0.2, 0) is 16.8 Å². The van der Waals surface area contributed by atoms with E-state index < -0.39 is 0 Å². The van der Waals surface area contributed by atoms with Crippen molar-refractivity contribution in [3.8, 4) is 0 Å². The van der Waals surface area contributed by atoms with E-state index >= 15 is 0 Å². The second kappa shape index (κ2) is 8.10. The van der Waals surface area contributed by atoms with Gasteiger partial charge in [-0.2, -0.15) is 5.10 Å². The van der Waals surface area contributed by atoms with Crippen molar-refractivity contribution in [1.82, 2.24) is 24.5 Å². The minimum Gasteiger partial charge on any atom is -0.344 e. The van der Waals surface area contributed by atoms with Gasteiger partial charge in [-0.25, -0.2) is 4.68 Å². The molecule has 0 radical (unpaired) electrons. The van der Waals surface area contributed by atoms with Crippen molar-refractivity contribution in [2.75, 3.05) is 46.3 Å². The highest BCUT2D eigenvalue weighted by Gasteiger charge is 2.33. The Balaban J connectivity index is 1.53. The van der Waals surface area contributed by atoms with E-state index in [9.17, 15) is 9.59 Å². The molecule has 1 unspecified atom stereocenters. The summed E-state index contributed by atoms with van der Waals surface area (Å²) >= 11 is 0. The number of piperazine rings is 1. The second-order valence-electron chi connectivity index (χ2n) is 8.83. The van der Waals surface area contributed by atoms with Crippen molar-refractivity contribution in [3.63, 3.8) is 0 Å². The molecule has 3 rings (SSSR count). The van der Waals surface area contributed by atoms with Gasteiger partial charge in [0, 0.05) is 57.8 Å². The molecule has 0 spiro atoms. The normalized spacial score (nSPS) is 23.0. The Bertz CT molecular complexity index is 716. The zero-order chi connectivity index (χ0) is 19.6. The summed E-state index contributed by atoms with van der Waals surface area (Å²) in [7, 11) is 1.90. The van der Waals surface area contributed by atoms with Crippen LogP contribution >= 0.6 is 0 Å². The molecule has 3 heterocycles. The van der Waals surface area contributed by atoms with Gasteiger partial charge in [0.15, 0.2) is 0 Å². The van der Waals surface area contributed by atoms with Gasteiger partial charge in [0.2, 0.25) is 5.91 Å². The Kier molecular flexibility index (Phi) is 6.01. The molecule has 1 aromatic rings. The highest BCUT2D eigenvalue weighted by atomic mass is 16.2. The maximum absolute atomic E-state index is 12.4. The van der Waals surface area contributed by atoms with Gasteiger partial charge in [-0.3, -0.25) is 19.4 Å². The molecule has 1 atom stereocenters. The first-order valence-electron chi connectivity index (χ1n) is 10.1. The monoisotopic (exact) mass is 375 g/mol. The summed E-state index contributed by atoms with van der Waals surface area (Å²) in [5.74, 6) is 0.268. The predicted octanol–water partition coefficient (Wildman–Crippen LogP) is 0.779. The summed E-state index contributed by atoms with van der Waals surface area (Å²) in [6, 6.07) is 3.51. The lowest BCUT2D eigenvalue weighted by Crippen LogP contribution is -2.57. The first kappa shape index (κ1) is 20.0. The van der Waals surface area contributed by atoms with Crippen LogP contribution in [0.15, 0.2) is 16.9 Å². The highest BCUT2D eigenvalue weighted by Crippen LogP contribution is 2.19. The molecule has 2 aliphatic heterocycles. The van der Waals surface area contributed by atoms with E-state index in [0.717, 1.165) is 57.8 Å². The van der Waals surface area contributed by atoms with Crippen molar-refractivity contribution in [3.05, 3.63) is 28.2 Å². The van der Waals surface area contributed by atoms with Gasteiger partial charge in [0.25, 0.3) is 5.56 Å². The lowest BCUT2D eigenvalue weighted by atomic mass is 9.92. The standard InChI is InChI=1S/C20H33N5O2/c1-20(2,3)17-7-8-18(26)25(21-17)15-12-23-10-13-24(14-11-23)16-6-5-9-22(4)19(16)27/h7-8,16H,5-6,9-15H2,1-4H3. The Morgan fingerprint density at radius 3 is 2.41 bits per heavy atom. The van der Waals surface area contributed by atoms with Gasteiger partial charge < -0.3 is 4.90 Å². The van der Waals surface area contributed by atoms with Crippen LogP contribution in [0.1, 0.15) is 39.3 Å². The number of carbonyl (C=O) groups excluding carboxylic acids is 1. The number of piperidine rings is 1. The average molecular weight is 376 g/mol. The molecule has 2 saturated heterocycles. The third kappa shape index (κ3) is 4.76. The highest BCUT2D eigenvalue weighted by molar-refractivity contribution is 5.82. The van der Waals surface area contributed by atoms with E-state index in [1.54, 1.807) is 10.7 Å². The van der Waals surface area contributed by atoms with Crippen molar-refractivity contribution in [1.29, 1.82) is 0 Å². The lowest BCUT2D eigenvalue weighted by molar-refractivity contribution is -0.139. The quantitative estimate of drug-likeness (QED) is 0.778. The van der Waals surface area contributed by atoms with Crippen LogP contribution in [0.25, 0.3) is 0 Å². The van der Waals surface area contributed by atoms with Crippen LogP contribution in [0.4, 0.5) is 0 Å². The SMILES string of the molecule is CN1CCCC(N2CCN(CCn3nc(C(C)(C)C)ccc3=O)CC2)C1=O. The molecule has 0 aromatic carbocycles. The van der Waals surface area contributed by atoms with Crippen LogP contribution < -0.4 is 5.56 Å². The number of likely N-dealkylation sites (tertiary alicyclic amines) is 1. The topological polar surface area (TPSA) is 61.7 Å². The fourth-order valence-electron chi connectivity index (χ4n) is 3.89. The van der Waals surface area contributed by atoms with E-state index in [1.807, 2.05) is 18.0 Å². The van der Waals surface area contributed by atoms with Crippen molar-refractivity contribution in [2.24, 2.45) is 0 Å². The summed E-state index contributed by atoms with van der Waals surface area (Å²) in [6.07, 6.45) is 2.06. The second-order valence-corrected chi connectivity index (χ2v) is 8.83. The fourth-order valence-corrected chi connectivity index (χ4v) is 3.89. The Morgan fingerprint density at radius 2 is 1.74 bits per heavy atom. The third-order valence-electron chi connectivity index (χ3n) is 5.74. The third-order valence-corrected chi connectivity index (χ3v) is 5.74. The van der Waals surface area contributed by atoms with E-state index in [4.69, 9.17) is 0 Å². The lowest BCUT2D eigenvalue weighted by Gasteiger charge is -2.41. The Morgan fingerprint density at radius 1 is 1.04 bits per heavy atom. The number of hydrogen-bond donors (Lipinski definition) is 0. The molecule has 0 saturated carbocycles. The number of likely N-dealkylation sites (N-methyl/N-ethyl adjacent to an activating group) is 1. The molecule has 1 aromatic heterocycles. The molecule has 2 aliphatic rings. The van der Waals surface area contributed by atoms with Gasteiger partial charge in [0.1, 0.15) is 0 Å². The zero-order valence-corrected chi connectivity index (χ0v) is 17.1. The zero-order valence-electron chi connectivity index (χ0n) is 17.1. The predicted molar refractivity (Wildman–Crippen MR) is 106 cm³/mol. The maximum Gasteiger partial charge on any atom is 0.266 e. The number of amides is 1. The molecule has 0 bridgehead atoms. The molecule has 7 nitrogen and oxygen atoms in total. The summed E-state index contributed by atoms with van der Waals surface area (Å²) in [5, 5.41) is 4.55. The molecule has 2 fully saturated rings. The smallest absolute Gasteiger partial charge is 0.266 e. The molecule has 0 N–H and O–H groups in total. The number of hydrogen-bond acceptors (Lipinski definition) is 5. The molecular weight excluding hydrogens is 342 g/mol. The minimum absolute atomic E-state index is 0.0440. The first-order valence-corrected chi connectivity index (χ1v) is 10.1. The van der Waals surface area contributed by atoms with Crippen LogP contribution in [-0.4, -0.2) is 82.7 Å². The van der Waals surface area contributed by atoms with Gasteiger partial charge in [0.05, 0.1) is 18.3 Å². The number of rotatable bonds is 4. The van der Waals surface area contributed by atoms with Crippen LogP contribution in [0.2, 0.25) is 0 Å². The summed E-state index contributed by atoms with van der Waals surface area (Å²) in [6.45, 7) is 12.3. The number of nitrogens with zero attached hydrogens (tertiary/aromatic N) is 5. The maximum atomic E-state index is 12.4. The molecular formula is C20H33N5O2. The number of aromatic nitrogens is 2. The number of carbonyl (C=O) groups is 1. The van der Waals surface area contributed by atoms with E-state index in [1.165, 1.54) is 0 Å². The molecule has 1 amide bonds. The molecule has 27 heavy (non-hydrogen) atoms. The molecule has 7 heteroatoms. The minimum atomic E-state index is -0.0687. The molecule has 0 aliphatic carbocycles. The summed E-state index contributed by atoms with van der Waals surface area (Å²) < 4.78 is 1.59. The Labute approximate surface area is 161 Å². The largest absolute Gasteiger partial charge is 0.344 e.